The van der Waals surface area contributed by atoms with Crippen LogP contribution in [0, 0.1) is 6.92 Å². The van der Waals surface area contributed by atoms with Crippen molar-refractivity contribution in [2.45, 2.75) is 32.4 Å². The van der Waals surface area contributed by atoms with Crippen molar-refractivity contribution in [3.8, 4) is 0 Å². The lowest BCUT2D eigenvalue weighted by molar-refractivity contribution is 0.133. The van der Waals surface area contributed by atoms with Crippen LogP contribution >= 0.6 is 0 Å². The molecule has 1 aliphatic rings. The first-order valence-electron chi connectivity index (χ1n) is 6.77. The average Bonchev–Trinajstić information content (AvgIpc) is 2.99. The number of hydrogen-bond donors (Lipinski definition) is 1. The Hall–Kier alpha value is -0.840. The molecule has 0 saturated carbocycles. The SMILES string of the molecule is COCCN(Cc1occc1C)CC1CCCN1. The molecule has 0 bridgehead atoms. The summed E-state index contributed by atoms with van der Waals surface area (Å²) in [5, 5.41) is 3.54. The van der Waals surface area contributed by atoms with Crippen LogP contribution in [0.2, 0.25) is 0 Å². The number of furan rings is 1. The van der Waals surface area contributed by atoms with Gasteiger partial charge in [0.25, 0.3) is 0 Å². The van der Waals surface area contributed by atoms with Crippen LogP contribution < -0.4 is 5.32 Å². The third-order valence-corrected chi connectivity index (χ3v) is 3.59. The Morgan fingerprint density at radius 2 is 2.44 bits per heavy atom. The Morgan fingerprint density at radius 1 is 1.56 bits per heavy atom. The number of rotatable bonds is 7. The van der Waals surface area contributed by atoms with Crippen LogP contribution in [0.3, 0.4) is 0 Å². The molecule has 1 fully saturated rings. The summed E-state index contributed by atoms with van der Waals surface area (Å²) in [6.45, 7) is 6.93. The predicted molar refractivity (Wildman–Crippen MR) is 71.6 cm³/mol. The van der Waals surface area contributed by atoms with E-state index in [-0.39, 0.29) is 0 Å². The summed E-state index contributed by atoms with van der Waals surface area (Å²) in [5.74, 6) is 1.07. The van der Waals surface area contributed by atoms with E-state index in [4.69, 9.17) is 9.15 Å². The second-order valence-electron chi connectivity index (χ2n) is 5.05. The van der Waals surface area contributed by atoms with Gasteiger partial charge in [0, 0.05) is 26.2 Å². The third kappa shape index (κ3) is 3.83. The highest BCUT2D eigenvalue weighted by molar-refractivity contribution is 5.14. The molecule has 1 saturated heterocycles. The molecule has 4 nitrogen and oxygen atoms in total. The average molecular weight is 252 g/mol. The molecule has 2 rings (SSSR count). The normalized spacial score (nSPS) is 19.8. The Morgan fingerprint density at radius 3 is 3.06 bits per heavy atom. The van der Waals surface area contributed by atoms with E-state index in [1.54, 1.807) is 13.4 Å². The van der Waals surface area contributed by atoms with Gasteiger partial charge in [-0.3, -0.25) is 4.90 Å². The van der Waals surface area contributed by atoms with Gasteiger partial charge in [-0.25, -0.2) is 0 Å². The van der Waals surface area contributed by atoms with Crippen molar-refractivity contribution in [2.24, 2.45) is 0 Å². The van der Waals surface area contributed by atoms with Gasteiger partial charge in [0.15, 0.2) is 0 Å². The highest BCUT2D eigenvalue weighted by atomic mass is 16.5. The van der Waals surface area contributed by atoms with Crippen LogP contribution in [0.15, 0.2) is 16.7 Å². The number of ether oxygens (including phenoxy) is 1. The van der Waals surface area contributed by atoms with Gasteiger partial charge >= 0.3 is 0 Å². The molecule has 1 aromatic rings. The van der Waals surface area contributed by atoms with E-state index in [1.807, 2.05) is 6.07 Å². The zero-order valence-corrected chi connectivity index (χ0v) is 11.4. The van der Waals surface area contributed by atoms with E-state index in [1.165, 1.54) is 18.4 Å². The third-order valence-electron chi connectivity index (χ3n) is 3.59. The number of nitrogens with zero attached hydrogens (tertiary/aromatic N) is 1. The first-order chi connectivity index (χ1) is 8.79. The zero-order valence-electron chi connectivity index (χ0n) is 11.4. The molecule has 1 unspecified atom stereocenters. The van der Waals surface area contributed by atoms with Crippen molar-refractivity contribution in [1.82, 2.24) is 10.2 Å². The van der Waals surface area contributed by atoms with Crippen LogP contribution in [-0.4, -0.2) is 44.3 Å². The standard InChI is InChI=1S/C14H24N2O2/c1-12-5-8-18-14(12)11-16(7-9-17-2)10-13-4-3-6-15-13/h5,8,13,15H,3-4,6-7,9-11H2,1-2H3. The summed E-state index contributed by atoms with van der Waals surface area (Å²) < 4.78 is 10.7. The minimum absolute atomic E-state index is 0.622. The van der Waals surface area contributed by atoms with Gasteiger partial charge in [-0.2, -0.15) is 0 Å². The number of aryl methyl sites for hydroxylation is 1. The summed E-state index contributed by atoms with van der Waals surface area (Å²) >= 11 is 0. The largest absolute Gasteiger partial charge is 0.468 e. The molecule has 2 heterocycles. The fourth-order valence-corrected chi connectivity index (χ4v) is 2.45. The lowest BCUT2D eigenvalue weighted by Gasteiger charge is -2.24. The minimum atomic E-state index is 0.622. The molecular weight excluding hydrogens is 228 g/mol. The molecule has 1 aliphatic heterocycles. The molecule has 102 valence electrons. The monoisotopic (exact) mass is 252 g/mol. The van der Waals surface area contributed by atoms with E-state index < -0.39 is 0 Å². The van der Waals surface area contributed by atoms with Crippen molar-refractivity contribution in [3.63, 3.8) is 0 Å². The zero-order chi connectivity index (χ0) is 12.8. The van der Waals surface area contributed by atoms with Gasteiger partial charge in [-0.05, 0) is 37.9 Å². The van der Waals surface area contributed by atoms with E-state index in [0.29, 0.717) is 6.04 Å². The lowest BCUT2D eigenvalue weighted by Crippen LogP contribution is -2.38. The highest BCUT2D eigenvalue weighted by Crippen LogP contribution is 2.14. The smallest absolute Gasteiger partial charge is 0.120 e. The van der Waals surface area contributed by atoms with Crippen LogP contribution in [0.5, 0.6) is 0 Å². The van der Waals surface area contributed by atoms with E-state index in [2.05, 4.69) is 17.1 Å². The van der Waals surface area contributed by atoms with Crippen LogP contribution in [0.25, 0.3) is 0 Å². The van der Waals surface area contributed by atoms with Crippen molar-refractivity contribution in [3.05, 3.63) is 23.7 Å². The Balaban J connectivity index is 1.89. The first kappa shape index (κ1) is 13.6. The van der Waals surface area contributed by atoms with Crippen molar-refractivity contribution < 1.29 is 9.15 Å². The number of hydrogen-bond acceptors (Lipinski definition) is 4. The van der Waals surface area contributed by atoms with Crippen LogP contribution in [-0.2, 0) is 11.3 Å². The second kappa shape index (κ2) is 6.92. The Bertz CT molecular complexity index is 345. The maximum absolute atomic E-state index is 5.54. The molecule has 0 aliphatic carbocycles. The van der Waals surface area contributed by atoms with Gasteiger partial charge in [-0.1, -0.05) is 0 Å². The van der Waals surface area contributed by atoms with Crippen molar-refractivity contribution in [1.29, 1.82) is 0 Å². The van der Waals surface area contributed by atoms with Gasteiger partial charge in [0.2, 0.25) is 0 Å². The van der Waals surface area contributed by atoms with Gasteiger partial charge in [0.05, 0.1) is 19.4 Å². The van der Waals surface area contributed by atoms with Gasteiger partial charge in [-0.15, -0.1) is 0 Å². The number of methoxy groups -OCH3 is 1. The molecule has 4 heteroatoms. The van der Waals surface area contributed by atoms with Crippen molar-refractivity contribution >= 4 is 0 Å². The maximum atomic E-state index is 5.54. The summed E-state index contributed by atoms with van der Waals surface area (Å²) in [7, 11) is 1.75. The molecule has 0 amide bonds. The summed E-state index contributed by atoms with van der Waals surface area (Å²) in [4.78, 5) is 2.42. The number of nitrogens with one attached hydrogen (secondary N) is 1. The molecule has 18 heavy (non-hydrogen) atoms. The Kier molecular flexibility index (Phi) is 5.23. The molecular formula is C14H24N2O2. The van der Waals surface area contributed by atoms with Gasteiger partial charge < -0.3 is 14.5 Å². The van der Waals surface area contributed by atoms with Gasteiger partial charge in [0.1, 0.15) is 5.76 Å². The minimum Gasteiger partial charge on any atom is -0.468 e. The van der Waals surface area contributed by atoms with Crippen LogP contribution in [0.1, 0.15) is 24.2 Å². The first-order valence-corrected chi connectivity index (χ1v) is 6.77. The highest BCUT2D eigenvalue weighted by Gasteiger charge is 2.19. The molecule has 1 atom stereocenters. The van der Waals surface area contributed by atoms with E-state index >= 15 is 0 Å². The fourth-order valence-electron chi connectivity index (χ4n) is 2.45. The van der Waals surface area contributed by atoms with E-state index in [9.17, 15) is 0 Å². The van der Waals surface area contributed by atoms with E-state index in [0.717, 1.165) is 38.5 Å². The predicted octanol–water partition coefficient (Wildman–Crippen LogP) is 1.79. The molecule has 1 aromatic heterocycles. The maximum Gasteiger partial charge on any atom is 0.120 e. The second-order valence-corrected chi connectivity index (χ2v) is 5.05. The van der Waals surface area contributed by atoms with Crippen LogP contribution in [0.4, 0.5) is 0 Å². The Labute approximate surface area is 109 Å². The lowest BCUT2D eigenvalue weighted by atomic mass is 10.2. The summed E-state index contributed by atoms with van der Waals surface area (Å²) in [6.07, 6.45) is 4.34. The molecule has 0 radical (unpaired) electrons. The topological polar surface area (TPSA) is 37.6 Å². The quantitative estimate of drug-likeness (QED) is 0.803. The molecule has 0 spiro atoms. The fraction of sp³-hybridized carbons (Fsp3) is 0.714. The summed E-state index contributed by atoms with van der Waals surface area (Å²) in [5.41, 5.74) is 1.23. The molecule has 1 N–H and O–H groups in total. The molecule has 0 aromatic carbocycles. The van der Waals surface area contributed by atoms with Crippen molar-refractivity contribution in [2.75, 3.05) is 33.4 Å². The summed E-state index contributed by atoms with van der Waals surface area (Å²) in [6, 6.07) is 2.65.